The van der Waals surface area contributed by atoms with E-state index in [2.05, 4.69) is 32.8 Å². The van der Waals surface area contributed by atoms with Gasteiger partial charge in [-0.25, -0.2) is 0 Å². The molecule has 0 amide bonds. The fraction of sp³-hybridized carbons (Fsp3) is 0.941. The van der Waals surface area contributed by atoms with Gasteiger partial charge in [0.15, 0.2) is 0 Å². The van der Waals surface area contributed by atoms with Crippen molar-refractivity contribution in [1.82, 2.24) is 5.06 Å². The number of hydrogen-bond acceptors (Lipinski definition) is 5. The maximum atomic E-state index is 11.6. The summed E-state index contributed by atoms with van der Waals surface area (Å²) in [5, 5.41) is 11.3. The van der Waals surface area contributed by atoms with E-state index in [0.29, 0.717) is 6.10 Å². The van der Waals surface area contributed by atoms with Crippen LogP contribution in [-0.4, -0.2) is 44.3 Å². The maximum Gasteiger partial charge on any atom is 0.214 e. The van der Waals surface area contributed by atoms with E-state index in [1.165, 1.54) is 31.0 Å². The van der Waals surface area contributed by atoms with E-state index in [9.17, 15) is 4.79 Å². The van der Waals surface area contributed by atoms with Gasteiger partial charge in [0, 0.05) is 16.3 Å². The van der Waals surface area contributed by atoms with Crippen molar-refractivity contribution < 1.29 is 14.7 Å². The summed E-state index contributed by atoms with van der Waals surface area (Å²) >= 11 is 1.30. The summed E-state index contributed by atoms with van der Waals surface area (Å²) in [6, 6.07) is 0. The first-order valence-electron chi connectivity index (χ1n) is 8.52. The van der Waals surface area contributed by atoms with Gasteiger partial charge in [-0.15, -0.1) is 0 Å². The van der Waals surface area contributed by atoms with Crippen molar-refractivity contribution in [3.8, 4) is 0 Å². The monoisotopic (exact) mass is 329 g/mol. The minimum Gasteiger partial charge on any atom is -0.388 e. The molecule has 0 spiro atoms. The van der Waals surface area contributed by atoms with Gasteiger partial charge in [-0.2, -0.15) is 5.06 Å². The Kier molecular flexibility index (Phi) is 5.97. The van der Waals surface area contributed by atoms with E-state index in [-0.39, 0.29) is 28.0 Å². The van der Waals surface area contributed by atoms with Crippen LogP contribution in [0.4, 0.5) is 0 Å². The Morgan fingerprint density at radius 1 is 1.14 bits per heavy atom. The average molecular weight is 330 g/mol. The van der Waals surface area contributed by atoms with Crippen molar-refractivity contribution in [2.45, 2.75) is 95.1 Å². The van der Waals surface area contributed by atoms with Gasteiger partial charge < -0.3 is 5.11 Å². The molecule has 0 aromatic rings. The molecular formula is C17H31NO3S. The fourth-order valence-corrected chi connectivity index (χ4v) is 5.51. The zero-order valence-electron chi connectivity index (χ0n) is 14.4. The van der Waals surface area contributed by atoms with E-state index in [1.807, 2.05) is 0 Å². The normalized spacial score (nSPS) is 27.0. The first-order valence-corrected chi connectivity index (χ1v) is 9.40. The number of carbonyl (C=O) groups excluding carboxylic acids is 1. The second-order valence-corrected chi connectivity index (χ2v) is 9.32. The Morgan fingerprint density at radius 3 is 2.18 bits per heavy atom. The average Bonchev–Trinajstić information content (AvgIpc) is 2.43. The number of hydrogen-bond donors (Lipinski definition) is 1. The van der Waals surface area contributed by atoms with Crippen LogP contribution in [0.3, 0.4) is 0 Å². The van der Waals surface area contributed by atoms with Gasteiger partial charge >= 0.3 is 0 Å². The van der Waals surface area contributed by atoms with E-state index >= 15 is 0 Å². The van der Waals surface area contributed by atoms with E-state index in [4.69, 9.17) is 9.94 Å². The van der Waals surface area contributed by atoms with Gasteiger partial charge in [-0.05, 0) is 53.4 Å². The SMILES string of the molecule is CC1(C)CC(SC(=O)CO)CC(C)(C)N1OC1CCCCC1. The second-order valence-electron chi connectivity index (χ2n) is 7.96. The molecule has 2 rings (SSSR count). The lowest BCUT2D eigenvalue weighted by atomic mass is 9.81. The predicted octanol–water partition coefficient (Wildman–Crippen LogP) is 3.52. The van der Waals surface area contributed by atoms with Gasteiger partial charge in [-0.1, -0.05) is 31.0 Å². The molecule has 1 saturated heterocycles. The molecule has 0 bridgehead atoms. The van der Waals surface area contributed by atoms with E-state index < -0.39 is 0 Å². The van der Waals surface area contributed by atoms with Crippen LogP contribution in [-0.2, 0) is 9.63 Å². The van der Waals surface area contributed by atoms with Crippen molar-refractivity contribution in [2.24, 2.45) is 0 Å². The second kappa shape index (κ2) is 7.20. The lowest BCUT2D eigenvalue weighted by Gasteiger charge is -2.54. The Hall–Kier alpha value is -0.100. The minimum atomic E-state index is -0.371. The van der Waals surface area contributed by atoms with Gasteiger partial charge in [0.05, 0.1) is 6.10 Å². The zero-order chi connectivity index (χ0) is 16.4. The molecule has 0 unspecified atom stereocenters. The first kappa shape index (κ1) is 18.2. The summed E-state index contributed by atoms with van der Waals surface area (Å²) in [5.41, 5.74) is -0.209. The van der Waals surface area contributed by atoms with Crippen LogP contribution in [0, 0.1) is 0 Å². The van der Waals surface area contributed by atoms with Crippen LogP contribution in [0.25, 0.3) is 0 Å². The molecule has 1 aliphatic carbocycles. The lowest BCUT2D eigenvalue weighted by Crippen LogP contribution is -2.62. The number of carbonyl (C=O) groups is 1. The van der Waals surface area contributed by atoms with Crippen LogP contribution in [0.1, 0.15) is 72.6 Å². The smallest absolute Gasteiger partial charge is 0.214 e. The summed E-state index contributed by atoms with van der Waals surface area (Å²) in [5.74, 6) is 0. The first-order chi connectivity index (χ1) is 10.2. The maximum absolute atomic E-state index is 11.6. The third-order valence-corrected chi connectivity index (χ3v) is 5.85. The highest BCUT2D eigenvalue weighted by Crippen LogP contribution is 2.44. The predicted molar refractivity (Wildman–Crippen MR) is 90.7 cm³/mol. The zero-order valence-corrected chi connectivity index (χ0v) is 15.2. The molecule has 128 valence electrons. The Morgan fingerprint density at radius 2 is 1.68 bits per heavy atom. The summed E-state index contributed by atoms with van der Waals surface area (Å²) in [6.07, 6.45) is 8.32. The topological polar surface area (TPSA) is 49.8 Å². The van der Waals surface area contributed by atoms with Crippen LogP contribution < -0.4 is 0 Å². The highest BCUT2D eigenvalue weighted by molar-refractivity contribution is 8.14. The molecule has 0 aromatic carbocycles. The van der Waals surface area contributed by atoms with Gasteiger partial charge in [0.2, 0.25) is 5.12 Å². The van der Waals surface area contributed by atoms with Gasteiger partial charge in [0.1, 0.15) is 6.61 Å². The molecule has 0 aromatic heterocycles. The molecule has 2 fully saturated rings. The largest absolute Gasteiger partial charge is 0.388 e. The summed E-state index contributed by atoms with van der Waals surface area (Å²) < 4.78 is 0. The summed E-state index contributed by atoms with van der Waals surface area (Å²) in [6.45, 7) is 8.44. The van der Waals surface area contributed by atoms with Gasteiger partial charge in [0.25, 0.3) is 0 Å². The number of nitrogens with zero attached hydrogens (tertiary/aromatic N) is 1. The third-order valence-electron chi connectivity index (χ3n) is 4.79. The fourth-order valence-electron chi connectivity index (χ4n) is 4.08. The molecule has 5 heteroatoms. The van der Waals surface area contributed by atoms with E-state index in [0.717, 1.165) is 25.7 Å². The Balaban J connectivity index is 2.05. The third kappa shape index (κ3) is 4.47. The molecule has 0 radical (unpaired) electrons. The van der Waals surface area contributed by atoms with Crippen molar-refractivity contribution in [1.29, 1.82) is 0 Å². The van der Waals surface area contributed by atoms with Crippen LogP contribution in [0.5, 0.6) is 0 Å². The molecule has 22 heavy (non-hydrogen) atoms. The number of piperidine rings is 1. The highest BCUT2D eigenvalue weighted by atomic mass is 32.2. The molecule has 1 N–H and O–H groups in total. The molecule has 1 saturated carbocycles. The van der Waals surface area contributed by atoms with Crippen molar-refractivity contribution >= 4 is 16.9 Å². The molecule has 2 aliphatic rings. The van der Waals surface area contributed by atoms with Gasteiger partial charge in [-0.3, -0.25) is 9.63 Å². The number of aliphatic hydroxyl groups is 1. The van der Waals surface area contributed by atoms with Crippen molar-refractivity contribution in [3.05, 3.63) is 0 Å². The molecule has 1 heterocycles. The summed E-state index contributed by atoms with van der Waals surface area (Å²) in [7, 11) is 0. The van der Waals surface area contributed by atoms with E-state index in [1.54, 1.807) is 0 Å². The van der Waals surface area contributed by atoms with Crippen LogP contribution in [0.15, 0.2) is 0 Å². The summed E-state index contributed by atoms with van der Waals surface area (Å²) in [4.78, 5) is 18.0. The molecular weight excluding hydrogens is 298 g/mol. The number of rotatable bonds is 4. The van der Waals surface area contributed by atoms with Crippen LogP contribution >= 0.6 is 11.8 Å². The Labute approximate surface area is 138 Å². The van der Waals surface area contributed by atoms with Crippen LogP contribution in [0.2, 0.25) is 0 Å². The lowest BCUT2D eigenvalue weighted by molar-refractivity contribution is -0.307. The molecule has 0 atom stereocenters. The standard InChI is InChI=1S/C17H31NO3S/c1-16(2)10-14(22-15(20)12-19)11-17(3,4)18(16)21-13-8-6-5-7-9-13/h13-14,19H,5-12H2,1-4H3. The number of hydroxylamine groups is 2. The minimum absolute atomic E-state index is 0.105. The van der Waals surface area contributed by atoms with Crippen molar-refractivity contribution in [3.63, 3.8) is 0 Å². The van der Waals surface area contributed by atoms with Crippen molar-refractivity contribution in [2.75, 3.05) is 6.61 Å². The Bertz CT molecular complexity index is 373. The number of aliphatic hydroxyl groups excluding tert-OH is 1. The highest BCUT2D eigenvalue weighted by Gasteiger charge is 2.47. The number of thioether (sulfide) groups is 1. The quantitative estimate of drug-likeness (QED) is 0.855. The molecule has 1 aliphatic heterocycles. The molecule has 4 nitrogen and oxygen atoms in total.